The molecule has 0 spiro atoms. The fraction of sp³-hybridized carbons (Fsp3) is 0.600. The molecule has 1 fully saturated rings. The summed E-state index contributed by atoms with van der Waals surface area (Å²) in [6.07, 6.45) is 3.53. The van der Waals surface area contributed by atoms with E-state index in [9.17, 15) is 0 Å². The highest BCUT2D eigenvalue weighted by Crippen LogP contribution is 2.30. The lowest BCUT2D eigenvalue weighted by molar-refractivity contribution is 0.0536. The van der Waals surface area contributed by atoms with Crippen molar-refractivity contribution in [3.05, 3.63) is 33.4 Å². The molecule has 1 aromatic rings. The third kappa shape index (κ3) is 3.93. The number of halogens is 1. The van der Waals surface area contributed by atoms with Crippen molar-refractivity contribution >= 4 is 22.6 Å². The monoisotopic (exact) mass is 359 g/mol. The molecule has 3 heteroatoms. The van der Waals surface area contributed by atoms with E-state index in [-0.39, 0.29) is 0 Å². The predicted molar refractivity (Wildman–Crippen MR) is 83.7 cm³/mol. The van der Waals surface area contributed by atoms with Gasteiger partial charge in [-0.1, -0.05) is 19.1 Å². The van der Waals surface area contributed by atoms with E-state index in [0.29, 0.717) is 12.0 Å². The summed E-state index contributed by atoms with van der Waals surface area (Å²) in [4.78, 5) is 0. The van der Waals surface area contributed by atoms with Crippen molar-refractivity contribution in [1.82, 2.24) is 5.32 Å². The Morgan fingerprint density at radius 1 is 1.28 bits per heavy atom. The molecule has 1 aliphatic heterocycles. The average molecular weight is 359 g/mol. The molecule has 0 bridgehead atoms. The topological polar surface area (TPSA) is 21.3 Å². The van der Waals surface area contributed by atoms with Gasteiger partial charge in [0.25, 0.3) is 0 Å². The Hall–Kier alpha value is -0.130. The highest BCUT2D eigenvalue weighted by atomic mass is 127. The first-order valence-corrected chi connectivity index (χ1v) is 7.95. The Morgan fingerprint density at radius 3 is 2.56 bits per heavy atom. The van der Waals surface area contributed by atoms with Crippen molar-refractivity contribution in [2.45, 2.75) is 32.2 Å². The van der Waals surface area contributed by atoms with Crippen LogP contribution in [0.25, 0.3) is 0 Å². The number of hydrogen-bond acceptors (Lipinski definition) is 2. The van der Waals surface area contributed by atoms with Crippen LogP contribution in [0.3, 0.4) is 0 Å². The first kappa shape index (κ1) is 14.3. The van der Waals surface area contributed by atoms with Crippen molar-refractivity contribution in [1.29, 1.82) is 0 Å². The highest BCUT2D eigenvalue weighted by molar-refractivity contribution is 14.1. The van der Waals surface area contributed by atoms with Crippen LogP contribution in [0, 0.1) is 9.49 Å². The number of rotatable bonds is 5. The standard InChI is InChI=1S/C15H22INO/c1-2-9-17-15(13-7-10-18-11-8-13)12-3-5-14(16)6-4-12/h3-6,13,15,17H,2,7-11H2,1H3. The zero-order chi connectivity index (χ0) is 12.8. The van der Waals surface area contributed by atoms with Gasteiger partial charge in [-0.05, 0) is 72.0 Å². The van der Waals surface area contributed by atoms with Crippen LogP contribution >= 0.6 is 22.6 Å². The quantitative estimate of drug-likeness (QED) is 0.809. The van der Waals surface area contributed by atoms with Crippen LogP contribution in [-0.4, -0.2) is 19.8 Å². The van der Waals surface area contributed by atoms with Crippen LogP contribution < -0.4 is 5.32 Å². The van der Waals surface area contributed by atoms with Gasteiger partial charge >= 0.3 is 0 Å². The molecule has 100 valence electrons. The summed E-state index contributed by atoms with van der Waals surface area (Å²) in [5.74, 6) is 0.713. The minimum Gasteiger partial charge on any atom is -0.381 e. The van der Waals surface area contributed by atoms with E-state index in [0.717, 1.165) is 19.8 Å². The maximum atomic E-state index is 5.48. The van der Waals surface area contributed by atoms with E-state index < -0.39 is 0 Å². The van der Waals surface area contributed by atoms with Crippen molar-refractivity contribution in [2.24, 2.45) is 5.92 Å². The summed E-state index contributed by atoms with van der Waals surface area (Å²) < 4.78 is 6.78. The number of benzene rings is 1. The summed E-state index contributed by atoms with van der Waals surface area (Å²) in [7, 11) is 0. The van der Waals surface area contributed by atoms with Crippen LogP contribution in [0.2, 0.25) is 0 Å². The molecule has 2 rings (SSSR count). The Bertz CT molecular complexity index is 346. The van der Waals surface area contributed by atoms with Gasteiger partial charge in [0.05, 0.1) is 0 Å². The zero-order valence-corrected chi connectivity index (χ0v) is 13.2. The first-order chi connectivity index (χ1) is 8.81. The van der Waals surface area contributed by atoms with Crippen LogP contribution in [0.15, 0.2) is 24.3 Å². The summed E-state index contributed by atoms with van der Waals surface area (Å²) in [6, 6.07) is 9.44. The molecule has 0 aliphatic carbocycles. The Morgan fingerprint density at radius 2 is 1.94 bits per heavy atom. The Balaban J connectivity index is 2.10. The molecule has 0 radical (unpaired) electrons. The summed E-state index contributed by atoms with van der Waals surface area (Å²) in [6.45, 7) is 5.15. The van der Waals surface area contributed by atoms with Gasteiger partial charge < -0.3 is 10.1 Å². The molecule has 0 saturated carbocycles. The molecule has 0 aromatic heterocycles. The normalized spacial score (nSPS) is 18.8. The molecule has 18 heavy (non-hydrogen) atoms. The van der Waals surface area contributed by atoms with Crippen molar-refractivity contribution in [3.63, 3.8) is 0 Å². The van der Waals surface area contributed by atoms with Crippen molar-refractivity contribution in [2.75, 3.05) is 19.8 Å². The third-order valence-corrected chi connectivity index (χ3v) is 4.30. The molecule has 1 saturated heterocycles. The average Bonchev–Trinajstić information content (AvgIpc) is 2.42. The zero-order valence-electron chi connectivity index (χ0n) is 11.0. The van der Waals surface area contributed by atoms with E-state index in [2.05, 4.69) is 59.1 Å². The van der Waals surface area contributed by atoms with Gasteiger partial charge in [-0.15, -0.1) is 0 Å². The summed E-state index contributed by atoms with van der Waals surface area (Å²) in [5.41, 5.74) is 1.43. The van der Waals surface area contributed by atoms with Gasteiger partial charge in [-0.2, -0.15) is 0 Å². The molecule has 1 unspecified atom stereocenters. The van der Waals surface area contributed by atoms with E-state index in [1.54, 1.807) is 0 Å². The van der Waals surface area contributed by atoms with Gasteiger partial charge in [0, 0.05) is 22.8 Å². The summed E-state index contributed by atoms with van der Waals surface area (Å²) in [5, 5.41) is 3.72. The minimum atomic E-state index is 0.492. The van der Waals surface area contributed by atoms with Crippen LogP contribution in [0.1, 0.15) is 37.8 Å². The highest BCUT2D eigenvalue weighted by Gasteiger charge is 2.24. The van der Waals surface area contributed by atoms with E-state index in [1.807, 2.05) is 0 Å². The second-order valence-corrected chi connectivity index (χ2v) is 6.18. The second kappa shape index (κ2) is 7.46. The van der Waals surface area contributed by atoms with Gasteiger partial charge in [-0.3, -0.25) is 0 Å². The maximum Gasteiger partial charge on any atom is 0.0469 e. The predicted octanol–water partition coefficient (Wildman–Crippen LogP) is 3.76. The number of ether oxygens (including phenoxy) is 1. The minimum absolute atomic E-state index is 0.492. The lowest BCUT2D eigenvalue weighted by Gasteiger charge is -2.31. The Labute approximate surface area is 124 Å². The van der Waals surface area contributed by atoms with E-state index in [1.165, 1.54) is 28.4 Å². The van der Waals surface area contributed by atoms with E-state index >= 15 is 0 Å². The van der Waals surface area contributed by atoms with Gasteiger partial charge in [-0.25, -0.2) is 0 Å². The van der Waals surface area contributed by atoms with E-state index in [4.69, 9.17) is 4.74 Å². The molecule has 0 amide bonds. The first-order valence-electron chi connectivity index (χ1n) is 6.88. The molecular weight excluding hydrogens is 337 g/mol. The van der Waals surface area contributed by atoms with Crippen LogP contribution in [0.5, 0.6) is 0 Å². The molecule has 1 N–H and O–H groups in total. The maximum absolute atomic E-state index is 5.48. The molecule has 1 heterocycles. The fourth-order valence-corrected chi connectivity index (χ4v) is 2.94. The fourth-order valence-electron chi connectivity index (χ4n) is 2.58. The van der Waals surface area contributed by atoms with Crippen molar-refractivity contribution in [3.8, 4) is 0 Å². The number of hydrogen-bond donors (Lipinski definition) is 1. The third-order valence-electron chi connectivity index (χ3n) is 3.58. The van der Waals surface area contributed by atoms with Gasteiger partial charge in [0.1, 0.15) is 0 Å². The molecule has 1 aromatic carbocycles. The Kier molecular flexibility index (Phi) is 5.92. The van der Waals surface area contributed by atoms with Crippen LogP contribution in [-0.2, 0) is 4.74 Å². The molecule has 1 aliphatic rings. The molecular formula is C15H22INO. The largest absolute Gasteiger partial charge is 0.381 e. The molecule has 2 nitrogen and oxygen atoms in total. The van der Waals surface area contributed by atoms with Gasteiger partial charge in [0.2, 0.25) is 0 Å². The number of nitrogens with one attached hydrogen (secondary N) is 1. The lowest BCUT2D eigenvalue weighted by Crippen LogP contribution is -2.32. The lowest BCUT2D eigenvalue weighted by atomic mass is 9.87. The van der Waals surface area contributed by atoms with Crippen LogP contribution in [0.4, 0.5) is 0 Å². The SMILES string of the molecule is CCCNC(c1ccc(I)cc1)C1CCOCC1. The molecule has 1 atom stereocenters. The smallest absolute Gasteiger partial charge is 0.0469 e. The second-order valence-electron chi connectivity index (χ2n) is 4.93. The van der Waals surface area contributed by atoms with Gasteiger partial charge in [0.15, 0.2) is 0 Å². The van der Waals surface area contributed by atoms with Crippen molar-refractivity contribution < 1.29 is 4.74 Å². The summed E-state index contributed by atoms with van der Waals surface area (Å²) >= 11 is 2.36.